The van der Waals surface area contributed by atoms with Crippen LogP contribution in [-0.4, -0.2) is 33.7 Å². The second-order valence-corrected chi connectivity index (χ2v) is 7.20. The van der Waals surface area contributed by atoms with E-state index in [0.717, 1.165) is 10.0 Å². The summed E-state index contributed by atoms with van der Waals surface area (Å²) < 4.78 is 6.99. The predicted molar refractivity (Wildman–Crippen MR) is 111 cm³/mol. The van der Waals surface area contributed by atoms with Gasteiger partial charge in [0, 0.05) is 22.8 Å². The third kappa shape index (κ3) is 5.09. The molecular formula is C20H17BrN4O5. The lowest BCUT2D eigenvalue weighted by Crippen LogP contribution is -2.31. The number of benzene rings is 2. The van der Waals surface area contributed by atoms with Crippen molar-refractivity contribution in [1.82, 2.24) is 15.1 Å². The Morgan fingerprint density at radius 3 is 2.60 bits per heavy atom. The fourth-order valence-corrected chi connectivity index (χ4v) is 3.19. The quantitative estimate of drug-likeness (QED) is 0.319. The highest BCUT2D eigenvalue weighted by atomic mass is 79.9. The number of esters is 1. The number of halogens is 1. The Hall–Kier alpha value is -3.53. The average Bonchev–Trinajstić information content (AvgIpc) is 3.23. The van der Waals surface area contributed by atoms with Gasteiger partial charge in [-0.15, -0.1) is 0 Å². The molecule has 0 radical (unpaired) electrons. The monoisotopic (exact) mass is 472 g/mol. The minimum absolute atomic E-state index is 0.0384. The number of hydrogen-bond donors (Lipinski definition) is 1. The molecule has 1 unspecified atom stereocenters. The van der Waals surface area contributed by atoms with Crippen LogP contribution in [0.5, 0.6) is 0 Å². The number of nitrogens with one attached hydrogen (secondary N) is 1. The molecule has 1 amide bonds. The normalized spacial score (nSPS) is 11.5. The Kier molecular flexibility index (Phi) is 6.58. The first-order valence-corrected chi connectivity index (χ1v) is 9.60. The van der Waals surface area contributed by atoms with Gasteiger partial charge in [0.15, 0.2) is 5.69 Å². The zero-order valence-electron chi connectivity index (χ0n) is 15.8. The molecular weight excluding hydrogens is 456 g/mol. The van der Waals surface area contributed by atoms with Gasteiger partial charge in [-0.1, -0.05) is 28.1 Å². The van der Waals surface area contributed by atoms with Gasteiger partial charge in [-0.05, 0) is 35.9 Å². The van der Waals surface area contributed by atoms with Gasteiger partial charge in [0.2, 0.25) is 0 Å². The second-order valence-electron chi connectivity index (χ2n) is 6.28. The van der Waals surface area contributed by atoms with Crippen LogP contribution in [0.4, 0.5) is 5.69 Å². The van der Waals surface area contributed by atoms with E-state index < -0.39 is 22.8 Å². The van der Waals surface area contributed by atoms with Gasteiger partial charge in [0.05, 0.1) is 30.2 Å². The van der Waals surface area contributed by atoms with Gasteiger partial charge in [0.1, 0.15) is 0 Å². The number of hydrogen-bond acceptors (Lipinski definition) is 6. The van der Waals surface area contributed by atoms with Crippen molar-refractivity contribution in [2.24, 2.45) is 0 Å². The number of amides is 1. The SMILES string of the molecule is COC(=O)CC(NC(=O)c1ccn(-c2ccc([N+](=O)[O-])cc2)n1)c1cccc(Br)c1. The summed E-state index contributed by atoms with van der Waals surface area (Å²) in [5.74, 6) is -0.929. The zero-order valence-corrected chi connectivity index (χ0v) is 17.4. The Balaban J connectivity index is 1.79. The van der Waals surface area contributed by atoms with Gasteiger partial charge in [0.25, 0.3) is 11.6 Å². The average molecular weight is 473 g/mol. The van der Waals surface area contributed by atoms with Gasteiger partial charge in [-0.2, -0.15) is 5.10 Å². The maximum atomic E-state index is 12.7. The van der Waals surface area contributed by atoms with E-state index in [1.54, 1.807) is 18.3 Å². The molecule has 2 aromatic carbocycles. The summed E-state index contributed by atoms with van der Waals surface area (Å²) in [6, 6.07) is 14.0. The van der Waals surface area contributed by atoms with E-state index in [9.17, 15) is 19.7 Å². The van der Waals surface area contributed by atoms with Crippen LogP contribution in [0.25, 0.3) is 5.69 Å². The van der Waals surface area contributed by atoms with Crippen LogP contribution in [0, 0.1) is 10.1 Å². The maximum Gasteiger partial charge on any atom is 0.307 e. The molecule has 0 aliphatic heterocycles. The molecule has 1 N–H and O–H groups in total. The van der Waals surface area contributed by atoms with E-state index in [2.05, 4.69) is 26.3 Å². The molecule has 9 nitrogen and oxygen atoms in total. The van der Waals surface area contributed by atoms with Crippen molar-refractivity contribution in [3.05, 3.63) is 86.6 Å². The number of nitrogens with zero attached hydrogens (tertiary/aromatic N) is 3. The van der Waals surface area contributed by atoms with E-state index in [0.29, 0.717) is 5.69 Å². The van der Waals surface area contributed by atoms with Crippen molar-refractivity contribution >= 4 is 33.5 Å². The van der Waals surface area contributed by atoms with Crippen molar-refractivity contribution in [1.29, 1.82) is 0 Å². The fourth-order valence-electron chi connectivity index (χ4n) is 2.77. The molecule has 0 saturated carbocycles. The zero-order chi connectivity index (χ0) is 21.7. The largest absolute Gasteiger partial charge is 0.469 e. The number of aromatic nitrogens is 2. The maximum absolute atomic E-state index is 12.7. The number of ether oxygens (including phenoxy) is 1. The summed E-state index contributed by atoms with van der Waals surface area (Å²) in [7, 11) is 1.29. The Bertz CT molecular complexity index is 1080. The molecule has 0 aliphatic carbocycles. The molecule has 0 bridgehead atoms. The number of nitro groups is 1. The Morgan fingerprint density at radius 2 is 1.97 bits per heavy atom. The molecule has 1 heterocycles. The third-order valence-corrected chi connectivity index (χ3v) is 4.79. The Labute approximate surface area is 179 Å². The van der Waals surface area contributed by atoms with Crippen molar-refractivity contribution in [3.8, 4) is 5.69 Å². The summed E-state index contributed by atoms with van der Waals surface area (Å²) in [6.07, 6.45) is 1.53. The molecule has 10 heteroatoms. The fraction of sp³-hybridized carbons (Fsp3) is 0.150. The highest BCUT2D eigenvalue weighted by Gasteiger charge is 2.21. The minimum atomic E-state index is -0.605. The predicted octanol–water partition coefficient (Wildman–Crippen LogP) is 3.58. The molecule has 0 fully saturated rings. The lowest BCUT2D eigenvalue weighted by Gasteiger charge is -2.18. The number of non-ortho nitro benzene ring substituents is 1. The second kappa shape index (κ2) is 9.31. The minimum Gasteiger partial charge on any atom is -0.469 e. The highest BCUT2D eigenvalue weighted by molar-refractivity contribution is 9.10. The standard InChI is InChI=1S/C20H17BrN4O5/c1-30-19(26)12-18(13-3-2-4-14(21)11-13)22-20(27)17-9-10-24(23-17)15-5-7-16(8-6-15)25(28)29/h2-11,18H,12H2,1H3,(H,22,27). The molecule has 1 aromatic heterocycles. The summed E-state index contributed by atoms with van der Waals surface area (Å²) in [4.78, 5) is 34.8. The topological polar surface area (TPSA) is 116 Å². The summed E-state index contributed by atoms with van der Waals surface area (Å²) in [5.41, 5.74) is 1.40. The van der Waals surface area contributed by atoms with Crippen LogP contribution in [0.3, 0.4) is 0 Å². The van der Waals surface area contributed by atoms with Crippen LogP contribution in [-0.2, 0) is 9.53 Å². The van der Waals surface area contributed by atoms with Crippen LogP contribution < -0.4 is 5.32 Å². The van der Waals surface area contributed by atoms with Crippen LogP contribution in [0.1, 0.15) is 28.5 Å². The van der Waals surface area contributed by atoms with E-state index in [1.807, 2.05) is 12.1 Å². The van der Waals surface area contributed by atoms with Crippen molar-refractivity contribution < 1.29 is 19.2 Å². The lowest BCUT2D eigenvalue weighted by molar-refractivity contribution is -0.384. The number of rotatable bonds is 7. The number of carbonyl (C=O) groups excluding carboxylic acids is 2. The number of nitro benzene ring substituents is 1. The van der Waals surface area contributed by atoms with Crippen LogP contribution in [0.2, 0.25) is 0 Å². The highest BCUT2D eigenvalue weighted by Crippen LogP contribution is 2.22. The van der Waals surface area contributed by atoms with E-state index in [4.69, 9.17) is 4.74 Å². The first kappa shape index (κ1) is 21.2. The van der Waals surface area contributed by atoms with E-state index in [1.165, 1.54) is 42.1 Å². The van der Waals surface area contributed by atoms with Crippen molar-refractivity contribution in [3.63, 3.8) is 0 Å². The lowest BCUT2D eigenvalue weighted by atomic mass is 10.0. The van der Waals surface area contributed by atoms with Crippen molar-refractivity contribution in [2.45, 2.75) is 12.5 Å². The molecule has 1 atom stereocenters. The van der Waals surface area contributed by atoms with Crippen molar-refractivity contribution in [2.75, 3.05) is 7.11 Å². The summed E-state index contributed by atoms with van der Waals surface area (Å²) in [6.45, 7) is 0. The molecule has 3 rings (SSSR count). The van der Waals surface area contributed by atoms with Gasteiger partial charge in [-0.25, -0.2) is 4.68 Å². The van der Waals surface area contributed by atoms with Gasteiger partial charge < -0.3 is 10.1 Å². The van der Waals surface area contributed by atoms with E-state index >= 15 is 0 Å². The first-order chi connectivity index (χ1) is 14.4. The molecule has 0 saturated heterocycles. The van der Waals surface area contributed by atoms with Crippen LogP contribution in [0.15, 0.2) is 65.3 Å². The molecule has 3 aromatic rings. The van der Waals surface area contributed by atoms with E-state index in [-0.39, 0.29) is 17.8 Å². The van der Waals surface area contributed by atoms with Crippen LogP contribution >= 0.6 is 15.9 Å². The molecule has 0 aliphatic rings. The first-order valence-electron chi connectivity index (χ1n) is 8.81. The summed E-state index contributed by atoms with van der Waals surface area (Å²) in [5, 5.41) is 17.8. The van der Waals surface area contributed by atoms with Gasteiger partial charge in [-0.3, -0.25) is 19.7 Å². The Morgan fingerprint density at radius 1 is 1.23 bits per heavy atom. The number of methoxy groups -OCH3 is 1. The third-order valence-electron chi connectivity index (χ3n) is 4.30. The molecule has 154 valence electrons. The molecule has 0 spiro atoms. The molecule has 30 heavy (non-hydrogen) atoms. The smallest absolute Gasteiger partial charge is 0.307 e. The summed E-state index contributed by atoms with van der Waals surface area (Å²) >= 11 is 3.38. The number of carbonyl (C=O) groups is 2. The van der Waals surface area contributed by atoms with Gasteiger partial charge >= 0.3 is 5.97 Å².